The summed E-state index contributed by atoms with van der Waals surface area (Å²) in [6.07, 6.45) is 0. The van der Waals surface area contributed by atoms with Gasteiger partial charge in [-0.25, -0.2) is 13.1 Å². The fourth-order valence-corrected chi connectivity index (χ4v) is 2.25. The van der Waals surface area contributed by atoms with Crippen molar-refractivity contribution in [2.45, 2.75) is 46.8 Å². The van der Waals surface area contributed by atoms with Crippen molar-refractivity contribution < 1.29 is 8.42 Å². The highest BCUT2D eigenvalue weighted by Crippen LogP contribution is 2.24. The van der Waals surface area contributed by atoms with E-state index >= 15 is 0 Å². The Morgan fingerprint density at radius 3 is 2.06 bits per heavy atom. The summed E-state index contributed by atoms with van der Waals surface area (Å²) in [5.74, 6) is 0.309. The Hall–Kier alpha value is -0.130. The fraction of sp³-hybridized carbons (Fsp3) is 1.00. The van der Waals surface area contributed by atoms with E-state index < -0.39 is 15.3 Å². The van der Waals surface area contributed by atoms with Gasteiger partial charge in [-0.05, 0) is 24.8 Å². The van der Waals surface area contributed by atoms with Gasteiger partial charge in [0.25, 0.3) is 0 Å². The molecule has 0 radical (unpaired) electrons. The average Bonchev–Trinajstić information content (AvgIpc) is 2.20. The molecule has 0 saturated heterocycles. The molecule has 0 aliphatic rings. The summed E-state index contributed by atoms with van der Waals surface area (Å²) in [4.78, 5) is 0. The second-order valence-corrected chi connectivity index (χ2v) is 7.96. The van der Waals surface area contributed by atoms with Gasteiger partial charge in [-0.15, -0.1) is 0 Å². The molecule has 0 spiro atoms. The fourth-order valence-electron chi connectivity index (χ4n) is 1.15. The van der Waals surface area contributed by atoms with Crippen LogP contribution in [0.5, 0.6) is 0 Å². The molecule has 0 aliphatic heterocycles. The molecule has 17 heavy (non-hydrogen) atoms. The maximum absolute atomic E-state index is 11.9. The van der Waals surface area contributed by atoms with Crippen LogP contribution in [0.3, 0.4) is 0 Å². The Morgan fingerprint density at radius 1 is 1.12 bits per heavy atom. The van der Waals surface area contributed by atoms with Gasteiger partial charge in [-0.3, -0.25) is 0 Å². The molecule has 0 aromatic carbocycles. The van der Waals surface area contributed by atoms with Crippen LogP contribution in [0.1, 0.15) is 41.5 Å². The summed E-state index contributed by atoms with van der Waals surface area (Å²) in [6, 6.07) is 0. The molecule has 2 atom stereocenters. The molecule has 0 bridgehead atoms. The number of rotatable bonds is 7. The van der Waals surface area contributed by atoms with Crippen LogP contribution in [0.15, 0.2) is 0 Å². The second-order valence-electron chi connectivity index (χ2n) is 5.78. The van der Waals surface area contributed by atoms with Gasteiger partial charge < -0.3 is 5.32 Å². The summed E-state index contributed by atoms with van der Waals surface area (Å²) < 4.78 is 26.5. The molecule has 4 nitrogen and oxygen atoms in total. The largest absolute Gasteiger partial charge is 0.316 e. The van der Waals surface area contributed by atoms with E-state index in [0.717, 1.165) is 6.54 Å². The Labute approximate surface area is 107 Å². The van der Waals surface area contributed by atoms with Crippen molar-refractivity contribution >= 4 is 10.0 Å². The van der Waals surface area contributed by atoms with E-state index in [0.29, 0.717) is 19.0 Å². The summed E-state index contributed by atoms with van der Waals surface area (Å²) in [6.45, 7) is 13.9. The van der Waals surface area contributed by atoms with Crippen molar-refractivity contribution in [1.82, 2.24) is 10.0 Å². The standard InChI is InChI=1S/C12H28N2O2S/c1-7-13-9-11(3)17(15,16)14-8-10(2)12(4,5)6/h10-11,13-14H,7-9H2,1-6H3. The molecule has 0 rings (SSSR count). The molecule has 0 saturated carbocycles. The van der Waals surface area contributed by atoms with Crippen molar-refractivity contribution in [2.24, 2.45) is 11.3 Å². The van der Waals surface area contributed by atoms with Crippen LogP contribution in [0.4, 0.5) is 0 Å². The number of sulfonamides is 1. The van der Waals surface area contributed by atoms with Crippen molar-refractivity contribution in [1.29, 1.82) is 0 Å². The summed E-state index contributed by atoms with van der Waals surface area (Å²) >= 11 is 0. The van der Waals surface area contributed by atoms with Crippen LogP contribution in [-0.4, -0.2) is 33.3 Å². The molecule has 0 aromatic rings. The number of hydrogen-bond acceptors (Lipinski definition) is 3. The van der Waals surface area contributed by atoms with Crippen LogP contribution in [-0.2, 0) is 10.0 Å². The van der Waals surface area contributed by atoms with E-state index in [1.165, 1.54) is 0 Å². The van der Waals surface area contributed by atoms with Gasteiger partial charge in [-0.1, -0.05) is 34.6 Å². The van der Waals surface area contributed by atoms with Crippen LogP contribution in [0.2, 0.25) is 0 Å². The smallest absolute Gasteiger partial charge is 0.215 e. The van der Waals surface area contributed by atoms with Gasteiger partial charge in [0.15, 0.2) is 0 Å². The van der Waals surface area contributed by atoms with Crippen LogP contribution < -0.4 is 10.0 Å². The van der Waals surface area contributed by atoms with E-state index in [1.807, 2.05) is 6.92 Å². The van der Waals surface area contributed by atoms with Gasteiger partial charge in [-0.2, -0.15) is 0 Å². The lowest BCUT2D eigenvalue weighted by atomic mass is 9.82. The molecule has 0 aromatic heterocycles. The van der Waals surface area contributed by atoms with Gasteiger partial charge in [0.05, 0.1) is 5.25 Å². The van der Waals surface area contributed by atoms with Gasteiger partial charge in [0.1, 0.15) is 0 Å². The predicted molar refractivity (Wildman–Crippen MR) is 73.5 cm³/mol. The van der Waals surface area contributed by atoms with E-state index in [1.54, 1.807) is 6.92 Å². The molecule has 0 amide bonds. The number of hydrogen-bond donors (Lipinski definition) is 2. The zero-order valence-electron chi connectivity index (χ0n) is 12.0. The molecular formula is C12H28N2O2S. The first-order valence-electron chi connectivity index (χ1n) is 6.30. The average molecular weight is 264 g/mol. The minimum atomic E-state index is -3.20. The molecule has 2 N–H and O–H groups in total. The van der Waals surface area contributed by atoms with Crippen LogP contribution in [0.25, 0.3) is 0 Å². The molecule has 5 heteroatoms. The monoisotopic (exact) mass is 264 g/mol. The van der Waals surface area contributed by atoms with E-state index in [4.69, 9.17) is 0 Å². The lowest BCUT2D eigenvalue weighted by Crippen LogP contribution is -2.42. The normalized spacial score (nSPS) is 16.8. The zero-order valence-corrected chi connectivity index (χ0v) is 12.8. The highest BCUT2D eigenvalue weighted by atomic mass is 32.2. The van der Waals surface area contributed by atoms with Crippen molar-refractivity contribution in [2.75, 3.05) is 19.6 Å². The van der Waals surface area contributed by atoms with Crippen LogP contribution in [0, 0.1) is 11.3 Å². The Kier molecular flexibility index (Phi) is 6.66. The third-order valence-electron chi connectivity index (χ3n) is 3.28. The summed E-state index contributed by atoms with van der Waals surface area (Å²) in [7, 11) is -3.20. The Balaban J connectivity index is 4.27. The SMILES string of the molecule is CCNCC(C)S(=O)(=O)NCC(C)C(C)(C)C. The Bertz CT molecular complexity index is 307. The first-order valence-corrected chi connectivity index (χ1v) is 7.85. The molecule has 0 heterocycles. The second kappa shape index (κ2) is 6.71. The lowest BCUT2D eigenvalue weighted by molar-refractivity contribution is 0.263. The molecule has 2 unspecified atom stereocenters. The highest BCUT2D eigenvalue weighted by molar-refractivity contribution is 7.90. The quantitative estimate of drug-likeness (QED) is 0.734. The zero-order chi connectivity index (χ0) is 13.7. The van der Waals surface area contributed by atoms with Crippen molar-refractivity contribution in [3.8, 4) is 0 Å². The van der Waals surface area contributed by atoms with Gasteiger partial charge in [0, 0.05) is 13.1 Å². The minimum absolute atomic E-state index is 0.118. The van der Waals surface area contributed by atoms with Crippen molar-refractivity contribution in [3.63, 3.8) is 0 Å². The molecular weight excluding hydrogens is 236 g/mol. The summed E-state index contributed by atoms with van der Waals surface area (Å²) in [5.41, 5.74) is 0.118. The molecule has 104 valence electrons. The van der Waals surface area contributed by atoms with E-state index in [2.05, 4.69) is 37.7 Å². The molecule has 0 aliphatic carbocycles. The predicted octanol–water partition coefficient (Wildman–Crippen LogP) is 1.59. The first-order chi connectivity index (χ1) is 7.61. The van der Waals surface area contributed by atoms with Crippen LogP contribution >= 0.6 is 0 Å². The van der Waals surface area contributed by atoms with E-state index in [-0.39, 0.29) is 5.41 Å². The summed E-state index contributed by atoms with van der Waals surface area (Å²) in [5, 5.41) is 2.66. The van der Waals surface area contributed by atoms with E-state index in [9.17, 15) is 8.42 Å². The van der Waals surface area contributed by atoms with Gasteiger partial charge >= 0.3 is 0 Å². The first kappa shape index (κ1) is 16.9. The lowest BCUT2D eigenvalue weighted by Gasteiger charge is -2.27. The number of nitrogens with one attached hydrogen (secondary N) is 2. The third-order valence-corrected chi connectivity index (χ3v) is 5.08. The third kappa shape index (κ3) is 6.38. The minimum Gasteiger partial charge on any atom is -0.316 e. The Morgan fingerprint density at radius 2 is 1.65 bits per heavy atom. The topological polar surface area (TPSA) is 58.2 Å². The van der Waals surface area contributed by atoms with Crippen molar-refractivity contribution in [3.05, 3.63) is 0 Å². The molecule has 0 fully saturated rings. The maximum atomic E-state index is 11.9. The van der Waals surface area contributed by atoms with Gasteiger partial charge in [0.2, 0.25) is 10.0 Å². The maximum Gasteiger partial charge on any atom is 0.215 e. The highest BCUT2D eigenvalue weighted by Gasteiger charge is 2.24.